The number of hydrogen-bond donors (Lipinski definition) is 1. The summed E-state index contributed by atoms with van der Waals surface area (Å²) >= 11 is 2.21. The summed E-state index contributed by atoms with van der Waals surface area (Å²) in [5.74, 6) is -0.0514. The quantitative estimate of drug-likeness (QED) is 0.0838. The number of esters is 1. The summed E-state index contributed by atoms with van der Waals surface area (Å²) in [6, 6.07) is 50.4. The van der Waals surface area contributed by atoms with Crippen LogP contribution in [-0.2, 0) is 54.9 Å². The van der Waals surface area contributed by atoms with Crippen LogP contribution in [0.15, 0.2) is 152 Å². The van der Waals surface area contributed by atoms with Gasteiger partial charge in [-0.2, -0.15) is 0 Å². The molecule has 0 bridgehead atoms. The molecule has 0 radical (unpaired) electrons. The van der Waals surface area contributed by atoms with E-state index in [0.29, 0.717) is 26.4 Å². The van der Waals surface area contributed by atoms with Gasteiger partial charge in [0.1, 0.15) is 11.4 Å². The van der Waals surface area contributed by atoms with Gasteiger partial charge in [0.2, 0.25) is 12.6 Å². The number of carbonyl (C=O) groups is 3. The van der Waals surface area contributed by atoms with Gasteiger partial charge in [0.25, 0.3) is 0 Å². The largest absolute Gasteiger partial charge is 0.469 e. The molecule has 360 valence electrons. The van der Waals surface area contributed by atoms with Crippen molar-refractivity contribution < 1.29 is 43.2 Å². The Kier molecular flexibility index (Phi) is 19.6. The predicted molar refractivity (Wildman–Crippen MR) is 281 cm³/mol. The third-order valence-electron chi connectivity index (χ3n) is 11.1. The number of aliphatic hydroxyl groups excluding tert-OH is 1. The minimum atomic E-state index is -0.460. The van der Waals surface area contributed by atoms with Crippen molar-refractivity contribution in [1.29, 1.82) is 0 Å². The zero-order chi connectivity index (χ0) is 50.2. The Morgan fingerprint density at radius 1 is 0.571 bits per heavy atom. The Bertz CT molecular complexity index is 3050. The SMILES string of the molecule is CC(=O)c1ccc(-c2cc(C)cc(COC3OCc4cc5ccccc5nc43)c2)cc1.CC(=O)c1ccc(I)cc1.CO.COC(C)=O.Cc1cccc(COC2OCc3cc4ccccc4nc32)c1. The number of nitrogens with zero attached hydrogens (tertiary/aromatic N) is 2. The number of pyridine rings is 2. The highest BCUT2D eigenvalue weighted by atomic mass is 127. The average Bonchev–Trinajstić information content (AvgIpc) is 3.97. The Morgan fingerprint density at radius 2 is 1.04 bits per heavy atom. The zero-order valence-electron chi connectivity index (χ0n) is 40.4. The van der Waals surface area contributed by atoms with E-state index < -0.39 is 6.29 Å². The minimum Gasteiger partial charge on any atom is -0.469 e. The molecule has 2 aliphatic rings. The molecule has 0 saturated heterocycles. The monoisotopic (exact) mass is 1050 g/mol. The van der Waals surface area contributed by atoms with Crippen molar-refractivity contribution in [1.82, 2.24) is 9.97 Å². The number of ketones is 2. The molecule has 8 aromatic rings. The molecule has 0 aliphatic carbocycles. The van der Waals surface area contributed by atoms with Gasteiger partial charge in [0.05, 0.1) is 44.6 Å². The maximum Gasteiger partial charge on any atom is 0.302 e. The molecule has 0 spiro atoms. The molecule has 11 nitrogen and oxygen atoms in total. The number of hydrogen-bond acceptors (Lipinski definition) is 11. The number of methoxy groups -OCH3 is 1. The molecular formula is C58H57IN2O9. The Morgan fingerprint density at radius 3 is 1.53 bits per heavy atom. The number of rotatable bonds is 9. The summed E-state index contributed by atoms with van der Waals surface area (Å²) in [7, 11) is 2.35. The number of para-hydroxylation sites is 2. The van der Waals surface area contributed by atoms with Crippen LogP contribution in [0.5, 0.6) is 0 Å². The fraction of sp³-hybridized carbons (Fsp3) is 0.224. The van der Waals surface area contributed by atoms with E-state index in [0.717, 1.165) is 93.9 Å². The lowest BCUT2D eigenvalue weighted by Gasteiger charge is -2.14. The zero-order valence-corrected chi connectivity index (χ0v) is 42.6. The van der Waals surface area contributed by atoms with Gasteiger partial charge >= 0.3 is 5.97 Å². The van der Waals surface area contributed by atoms with Crippen LogP contribution < -0.4 is 0 Å². The van der Waals surface area contributed by atoms with Crippen LogP contribution in [0.4, 0.5) is 0 Å². The third-order valence-corrected chi connectivity index (χ3v) is 11.8. The lowest BCUT2D eigenvalue weighted by molar-refractivity contribution is -0.147. The molecule has 0 amide bonds. The third kappa shape index (κ3) is 14.7. The molecule has 70 heavy (non-hydrogen) atoms. The van der Waals surface area contributed by atoms with Crippen LogP contribution in [0, 0.1) is 17.4 Å². The summed E-state index contributed by atoms with van der Waals surface area (Å²) in [5.41, 5.74) is 14.2. The molecule has 0 saturated carbocycles. The maximum absolute atomic E-state index is 11.5. The van der Waals surface area contributed by atoms with Gasteiger partial charge in [0.15, 0.2) is 11.6 Å². The van der Waals surface area contributed by atoms with Crippen LogP contribution in [0.1, 0.15) is 98.8 Å². The molecule has 2 aliphatic heterocycles. The van der Waals surface area contributed by atoms with Crippen molar-refractivity contribution >= 4 is 61.9 Å². The van der Waals surface area contributed by atoms with Crippen LogP contribution in [0.25, 0.3) is 32.9 Å². The highest BCUT2D eigenvalue weighted by Crippen LogP contribution is 2.35. The number of aryl methyl sites for hydroxylation is 2. The van der Waals surface area contributed by atoms with Crippen LogP contribution in [-0.4, -0.2) is 46.8 Å². The van der Waals surface area contributed by atoms with Crippen LogP contribution >= 0.6 is 22.6 Å². The van der Waals surface area contributed by atoms with Crippen molar-refractivity contribution in [3.05, 3.63) is 211 Å². The van der Waals surface area contributed by atoms with E-state index in [9.17, 15) is 14.4 Å². The summed E-state index contributed by atoms with van der Waals surface area (Å²) in [5, 5.41) is 9.26. The van der Waals surface area contributed by atoms with Crippen LogP contribution in [0.2, 0.25) is 0 Å². The van der Waals surface area contributed by atoms with Crippen molar-refractivity contribution in [3.8, 4) is 11.1 Å². The van der Waals surface area contributed by atoms with E-state index >= 15 is 0 Å². The lowest BCUT2D eigenvalue weighted by Crippen LogP contribution is -2.05. The Hall–Kier alpha value is -6.52. The lowest BCUT2D eigenvalue weighted by atomic mass is 9.99. The number of ether oxygens (including phenoxy) is 5. The standard InChI is InChI=1S/C27H23NO3.C19H17NO2.C8H7IO.C3H6O2.CH4O/c1-17-11-19(13-23(12-17)21-9-7-20(8-10-21)18(2)29)15-30-27-26-24(16-31-27)14-22-5-3-4-6-25(22)28-26;1-13-5-4-6-14(9-13)11-21-19-18-16(12-22-19)10-15-7-2-3-8-17(15)20-18;1-6(10)7-2-4-8(9)5-3-7;1-3(4)5-2;1-2/h3-14,27H,15-16H2,1-2H3;2-10,19H,11-12H2,1H3;2-5H,1H3;1-2H3;2H,1H3. The molecule has 2 unspecified atom stereocenters. The van der Waals surface area contributed by atoms with E-state index in [-0.39, 0.29) is 23.8 Å². The van der Waals surface area contributed by atoms with Crippen LogP contribution in [0.3, 0.4) is 0 Å². The molecular weight excluding hydrogens is 996 g/mol. The number of fused-ring (bicyclic) bond motifs is 4. The number of benzene rings is 6. The van der Waals surface area contributed by atoms with Crippen molar-refractivity contribution in [3.63, 3.8) is 0 Å². The van der Waals surface area contributed by atoms with Gasteiger partial charge in [-0.25, -0.2) is 9.97 Å². The second kappa shape index (κ2) is 25.9. The van der Waals surface area contributed by atoms with Gasteiger partial charge in [-0.3, -0.25) is 14.4 Å². The summed E-state index contributed by atoms with van der Waals surface area (Å²) in [4.78, 5) is 41.4. The highest BCUT2D eigenvalue weighted by molar-refractivity contribution is 14.1. The van der Waals surface area contributed by atoms with E-state index in [1.807, 2.05) is 91.0 Å². The van der Waals surface area contributed by atoms with E-state index in [4.69, 9.17) is 34.0 Å². The van der Waals surface area contributed by atoms with Crippen molar-refractivity contribution in [2.45, 2.75) is 73.6 Å². The molecule has 2 aromatic heterocycles. The molecule has 2 atom stereocenters. The minimum absolute atomic E-state index is 0.0723. The number of aliphatic hydroxyl groups is 1. The second-order valence-electron chi connectivity index (χ2n) is 16.4. The number of Topliss-reactive ketones (excluding diaryl/α,β-unsaturated/α-hetero) is 2. The first kappa shape index (κ1) is 52.8. The fourth-order valence-electron chi connectivity index (χ4n) is 7.57. The van der Waals surface area contributed by atoms with E-state index in [2.05, 4.69) is 102 Å². The normalized spacial score (nSPS) is 14.0. The van der Waals surface area contributed by atoms with Gasteiger partial charge in [-0.05, 0) is 115 Å². The summed E-state index contributed by atoms with van der Waals surface area (Å²) < 4.78 is 29.0. The van der Waals surface area contributed by atoms with E-state index in [1.165, 1.54) is 19.6 Å². The smallest absolute Gasteiger partial charge is 0.302 e. The van der Waals surface area contributed by atoms with Gasteiger partial charge < -0.3 is 28.8 Å². The molecule has 4 heterocycles. The molecule has 10 rings (SSSR count). The predicted octanol–water partition coefficient (Wildman–Crippen LogP) is 12.7. The molecule has 0 fully saturated rings. The molecule has 6 aromatic carbocycles. The van der Waals surface area contributed by atoms with Gasteiger partial charge in [0, 0.05) is 50.6 Å². The second-order valence-corrected chi connectivity index (χ2v) is 17.7. The highest BCUT2D eigenvalue weighted by Gasteiger charge is 2.27. The number of halogens is 1. The van der Waals surface area contributed by atoms with Gasteiger partial charge in [-0.1, -0.05) is 120 Å². The first-order valence-corrected chi connectivity index (χ1v) is 23.7. The average molecular weight is 1050 g/mol. The first-order chi connectivity index (χ1) is 33.8. The fourth-order valence-corrected chi connectivity index (χ4v) is 7.93. The number of carbonyl (C=O) groups excluding carboxylic acids is 3. The van der Waals surface area contributed by atoms with E-state index in [1.54, 1.807) is 13.8 Å². The van der Waals surface area contributed by atoms with Crippen molar-refractivity contribution in [2.75, 3.05) is 14.2 Å². The topological polar surface area (TPSA) is 143 Å². The molecule has 12 heteroatoms. The summed E-state index contributed by atoms with van der Waals surface area (Å²) in [6.07, 6.45) is -0.835. The Labute approximate surface area is 422 Å². The maximum atomic E-state index is 11.5. The van der Waals surface area contributed by atoms with Crippen molar-refractivity contribution in [2.24, 2.45) is 0 Å². The molecule has 1 N–H and O–H groups in total. The van der Waals surface area contributed by atoms with Gasteiger partial charge in [-0.15, -0.1) is 0 Å². The summed E-state index contributed by atoms with van der Waals surface area (Å²) in [6.45, 7) is 10.7. The first-order valence-electron chi connectivity index (χ1n) is 22.6. The Balaban J connectivity index is 0.000000178. The number of aromatic nitrogens is 2.